The first kappa shape index (κ1) is 13.8. The molecule has 0 aromatic heterocycles. The van der Waals surface area contributed by atoms with Gasteiger partial charge in [0.25, 0.3) is 0 Å². The summed E-state index contributed by atoms with van der Waals surface area (Å²) in [6.07, 6.45) is 2.85. The molecule has 18 heavy (non-hydrogen) atoms. The average Bonchev–Trinajstić information content (AvgIpc) is 2.36. The van der Waals surface area contributed by atoms with Crippen LogP contribution in [-0.4, -0.2) is 26.1 Å². The molecule has 5 nitrogen and oxygen atoms in total. The Balaban J connectivity index is 3.05. The van der Waals surface area contributed by atoms with Gasteiger partial charge in [0.05, 0.1) is 19.9 Å². The quantitative estimate of drug-likeness (QED) is 0.653. The van der Waals surface area contributed by atoms with E-state index in [1.165, 1.54) is 27.2 Å². The fourth-order valence-corrected chi connectivity index (χ4v) is 1.33. The number of esters is 1. The first-order chi connectivity index (χ1) is 8.56. The summed E-state index contributed by atoms with van der Waals surface area (Å²) in [6.45, 7) is 1.41. The van der Waals surface area contributed by atoms with E-state index in [0.717, 1.165) is 0 Å². The Morgan fingerprint density at radius 3 is 2.56 bits per heavy atom. The highest BCUT2D eigenvalue weighted by Gasteiger charge is 2.04. The summed E-state index contributed by atoms with van der Waals surface area (Å²) in [7, 11) is 2.84. The lowest BCUT2D eigenvalue weighted by Gasteiger charge is -2.08. The molecule has 0 atom stereocenters. The maximum atomic E-state index is 11.1. The molecule has 0 aliphatic rings. The van der Waals surface area contributed by atoms with Gasteiger partial charge >= 0.3 is 5.97 Å². The summed E-state index contributed by atoms with van der Waals surface area (Å²) in [4.78, 5) is 22.1. The summed E-state index contributed by atoms with van der Waals surface area (Å²) >= 11 is 0. The lowest BCUT2D eigenvalue weighted by molar-refractivity contribution is -0.134. The highest BCUT2D eigenvalue weighted by molar-refractivity contribution is 5.93. The summed E-state index contributed by atoms with van der Waals surface area (Å²) in [6, 6.07) is 5.16. The van der Waals surface area contributed by atoms with Crippen LogP contribution in [0.3, 0.4) is 0 Å². The van der Waals surface area contributed by atoms with Crippen molar-refractivity contribution in [1.29, 1.82) is 0 Å². The van der Waals surface area contributed by atoms with Crippen molar-refractivity contribution in [2.24, 2.45) is 0 Å². The second-order valence-electron chi connectivity index (χ2n) is 3.49. The summed E-state index contributed by atoms with van der Waals surface area (Å²) in [5, 5.41) is 2.67. The fraction of sp³-hybridized carbons (Fsp3) is 0.231. The fourth-order valence-electron chi connectivity index (χ4n) is 1.33. The molecule has 0 fully saturated rings. The first-order valence-electron chi connectivity index (χ1n) is 5.28. The number of hydrogen-bond acceptors (Lipinski definition) is 4. The van der Waals surface area contributed by atoms with Gasteiger partial charge in [-0.1, -0.05) is 0 Å². The minimum Gasteiger partial charge on any atom is -0.497 e. The predicted molar refractivity (Wildman–Crippen MR) is 68.3 cm³/mol. The third-order valence-electron chi connectivity index (χ3n) is 2.17. The number of carbonyl (C=O) groups excluding carboxylic acids is 2. The van der Waals surface area contributed by atoms with Gasteiger partial charge in [-0.3, -0.25) is 4.79 Å². The number of ether oxygens (including phenoxy) is 2. The molecule has 1 amide bonds. The van der Waals surface area contributed by atoms with E-state index in [1.807, 2.05) is 0 Å². The molecule has 0 unspecified atom stereocenters. The molecule has 1 aromatic rings. The molecule has 1 rings (SSSR count). The monoisotopic (exact) mass is 249 g/mol. The van der Waals surface area contributed by atoms with E-state index in [4.69, 9.17) is 4.74 Å². The van der Waals surface area contributed by atoms with Crippen molar-refractivity contribution >= 4 is 23.6 Å². The number of benzene rings is 1. The van der Waals surface area contributed by atoms with E-state index < -0.39 is 5.97 Å². The van der Waals surface area contributed by atoms with Crippen molar-refractivity contribution in [3.05, 3.63) is 29.8 Å². The van der Waals surface area contributed by atoms with Crippen molar-refractivity contribution in [1.82, 2.24) is 0 Å². The lowest BCUT2D eigenvalue weighted by atomic mass is 10.1. The number of amides is 1. The number of anilines is 1. The van der Waals surface area contributed by atoms with Crippen LogP contribution in [0.1, 0.15) is 12.5 Å². The van der Waals surface area contributed by atoms with Crippen molar-refractivity contribution in [3.8, 4) is 5.75 Å². The largest absolute Gasteiger partial charge is 0.497 e. The van der Waals surface area contributed by atoms with Gasteiger partial charge in [-0.25, -0.2) is 4.79 Å². The van der Waals surface area contributed by atoms with Crippen LogP contribution in [0.15, 0.2) is 24.3 Å². The van der Waals surface area contributed by atoms with Gasteiger partial charge in [-0.05, 0) is 23.8 Å². The minimum atomic E-state index is -0.459. The van der Waals surface area contributed by atoms with E-state index in [1.54, 1.807) is 24.3 Å². The molecule has 0 saturated carbocycles. The van der Waals surface area contributed by atoms with E-state index in [-0.39, 0.29) is 5.91 Å². The molecule has 0 heterocycles. The Morgan fingerprint density at radius 1 is 1.28 bits per heavy atom. The number of carbonyl (C=O) groups is 2. The van der Waals surface area contributed by atoms with Crippen LogP contribution in [0.25, 0.3) is 6.08 Å². The molecule has 0 bridgehead atoms. The van der Waals surface area contributed by atoms with E-state index in [0.29, 0.717) is 17.0 Å². The highest BCUT2D eigenvalue weighted by atomic mass is 16.5. The van der Waals surface area contributed by atoms with Crippen LogP contribution < -0.4 is 10.1 Å². The molecule has 1 aromatic carbocycles. The molecule has 1 N–H and O–H groups in total. The maximum absolute atomic E-state index is 11.1. The maximum Gasteiger partial charge on any atom is 0.330 e. The second kappa shape index (κ2) is 6.44. The topological polar surface area (TPSA) is 64.6 Å². The smallest absolute Gasteiger partial charge is 0.330 e. The van der Waals surface area contributed by atoms with E-state index in [9.17, 15) is 9.59 Å². The van der Waals surface area contributed by atoms with Gasteiger partial charge < -0.3 is 14.8 Å². The van der Waals surface area contributed by atoms with Gasteiger partial charge in [0.2, 0.25) is 5.91 Å². The third kappa shape index (κ3) is 3.93. The van der Waals surface area contributed by atoms with Gasteiger partial charge in [-0.2, -0.15) is 0 Å². The van der Waals surface area contributed by atoms with Crippen LogP contribution in [0.5, 0.6) is 5.75 Å². The number of rotatable bonds is 4. The summed E-state index contributed by atoms with van der Waals surface area (Å²) in [5.41, 5.74) is 1.26. The SMILES string of the molecule is COC(=O)/C=C/c1ccc(OC)cc1NC(C)=O. The number of methoxy groups -OCH3 is 2. The summed E-state index contributed by atoms with van der Waals surface area (Å²) < 4.78 is 9.57. The molecule has 0 saturated heterocycles. The molecular weight excluding hydrogens is 234 g/mol. The van der Waals surface area contributed by atoms with Crippen LogP contribution >= 0.6 is 0 Å². The van der Waals surface area contributed by atoms with Gasteiger partial charge in [0, 0.05) is 19.1 Å². The van der Waals surface area contributed by atoms with Gasteiger partial charge in [0.1, 0.15) is 5.75 Å². The van der Waals surface area contributed by atoms with Crippen LogP contribution in [0.4, 0.5) is 5.69 Å². The zero-order chi connectivity index (χ0) is 13.5. The third-order valence-corrected chi connectivity index (χ3v) is 2.17. The Labute approximate surface area is 105 Å². The minimum absolute atomic E-state index is 0.198. The predicted octanol–water partition coefficient (Wildman–Crippen LogP) is 1.84. The summed E-state index contributed by atoms with van der Waals surface area (Å²) in [5.74, 6) is -0.0375. The molecular formula is C13H15NO4. The Bertz CT molecular complexity index is 480. The van der Waals surface area contributed by atoms with Crippen LogP contribution in [-0.2, 0) is 14.3 Å². The Kier molecular flexibility index (Phi) is 4.92. The Morgan fingerprint density at radius 2 is 2.00 bits per heavy atom. The number of nitrogens with one attached hydrogen (secondary N) is 1. The van der Waals surface area contributed by atoms with Crippen LogP contribution in [0.2, 0.25) is 0 Å². The normalized spacial score (nSPS) is 10.2. The van der Waals surface area contributed by atoms with Crippen molar-refractivity contribution < 1.29 is 19.1 Å². The van der Waals surface area contributed by atoms with E-state index in [2.05, 4.69) is 10.1 Å². The first-order valence-corrected chi connectivity index (χ1v) is 5.28. The van der Waals surface area contributed by atoms with E-state index >= 15 is 0 Å². The molecule has 0 aliphatic carbocycles. The zero-order valence-corrected chi connectivity index (χ0v) is 10.5. The molecule has 0 radical (unpaired) electrons. The Hall–Kier alpha value is -2.30. The van der Waals surface area contributed by atoms with Crippen molar-refractivity contribution in [2.45, 2.75) is 6.92 Å². The van der Waals surface area contributed by atoms with Crippen molar-refractivity contribution in [3.63, 3.8) is 0 Å². The van der Waals surface area contributed by atoms with Gasteiger partial charge in [0.15, 0.2) is 0 Å². The molecule has 96 valence electrons. The average molecular weight is 249 g/mol. The molecule has 0 spiro atoms. The zero-order valence-electron chi connectivity index (χ0n) is 10.5. The van der Waals surface area contributed by atoms with Crippen LogP contribution in [0, 0.1) is 0 Å². The molecule has 0 aliphatic heterocycles. The standard InChI is InChI=1S/C13H15NO4/c1-9(15)14-12-8-11(17-2)6-4-10(12)5-7-13(16)18-3/h4-8H,1-3H3,(H,14,15)/b7-5+. The number of hydrogen-bond donors (Lipinski definition) is 1. The second-order valence-corrected chi connectivity index (χ2v) is 3.49. The molecule has 5 heteroatoms. The van der Waals surface area contributed by atoms with Gasteiger partial charge in [-0.15, -0.1) is 0 Å². The lowest BCUT2D eigenvalue weighted by Crippen LogP contribution is -2.07. The highest BCUT2D eigenvalue weighted by Crippen LogP contribution is 2.23. The van der Waals surface area contributed by atoms with Crippen molar-refractivity contribution in [2.75, 3.05) is 19.5 Å².